The number of anilines is 1. The van der Waals surface area contributed by atoms with Crippen molar-refractivity contribution in [1.29, 1.82) is 0 Å². The fourth-order valence-electron chi connectivity index (χ4n) is 1.07. The zero-order valence-electron chi connectivity index (χ0n) is 7.46. The van der Waals surface area contributed by atoms with E-state index in [-0.39, 0.29) is 6.61 Å². The Morgan fingerprint density at radius 3 is 2.85 bits per heavy atom. The molecule has 0 heterocycles. The van der Waals surface area contributed by atoms with Crippen LogP contribution in [0.25, 0.3) is 0 Å². The number of aliphatic hydroxyl groups excluding tert-OH is 1. The summed E-state index contributed by atoms with van der Waals surface area (Å²) in [6.07, 6.45) is 1.82. The molecule has 0 aliphatic carbocycles. The summed E-state index contributed by atoms with van der Waals surface area (Å²) < 4.78 is 0. The molecule has 3 heteroatoms. The lowest BCUT2D eigenvalue weighted by Crippen LogP contribution is -2.01. The predicted molar refractivity (Wildman–Crippen MR) is 56.3 cm³/mol. The SMILES string of the molecule is OCCCCNc1cccc(Cl)c1. The number of unbranched alkanes of at least 4 members (excludes halogenated alkanes) is 1. The Morgan fingerprint density at radius 1 is 1.31 bits per heavy atom. The van der Waals surface area contributed by atoms with E-state index in [9.17, 15) is 0 Å². The molecule has 1 rings (SSSR count). The van der Waals surface area contributed by atoms with Crippen molar-refractivity contribution in [3.8, 4) is 0 Å². The summed E-state index contributed by atoms with van der Waals surface area (Å²) >= 11 is 5.80. The molecular weight excluding hydrogens is 186 g/mol. The van der Waals surface area contributed by atoms with Crippen molar-refractivity contribution in [2.45, 2.75) is 12.8 Å². The summed E-state index contributed by atoms with van der Waals surface area (Å²) in [4.78, 5) is 0. The van der Waals surface area contributed by atoms with Gasteiger partial charge in [-0.05, 0) is 31.0 Å². The van der Waals surface area contributed by atoms with E-state index in [1.54, 1.807) is 0 Å². The number of halogens is 1. The molecule has 2 nitrogen and oxygen atoms in total. The zero-order valence-corrected chi connectivity index (χ0v) is 8.22. The smallest absolute Gasteiger partial charge is 0.0431 e. The number of aliphatic hydroxyl groups is 1. The van der Waals surface area contributed by atoms with Gasteiger partial charge in [0.2, 0.25) is 0 Å². The average molecular weight is 200 g/mol. The molecule has 0 amide bonds. The maximum Gasteiger partial charge on any atom is 0.0431 e. The van der Waals surface area contributed by atoms with Crippen LogP contribution in [0.1, 0.15) is 12.8 Å². The lowest BCUT2D eigenvalue weighted by Gasteiger charge is -2.05. The Labute approximate surface area is 83.5 Å². The second-order valence-corrected chi connectivity index (χ2v) is 3.30. The van der Waals surface area contributed by atoms with Crippen molar-refractivity contribution in [3.05, 3.63) is 29.3 Å². The van der Waals surface area contributed by atoms with E-state index in [1.165, 1.54) is 0 Å². The van der Waals surface area contributed by atoms with Crippen LogP contribution in [0.2, 0.25) is 5.02 Å². The van der Waals surface area contributed by atoms with E-state index in [2.05, 4.69) is 5.32 Å². The van der Waals surface area contributed by atoms with E-state index >= 15 is 0 Å². The highest BCUT2D eigenvalue weighted by molar-refractivity contribution is 6.30. The van der Waals surface area contributed by atoms with Crippen LogP contribution in [0.15, 0.2) is 24.3 Å². The highest BCUT2D eigenvalue weighted by atomic mass is 35.5. The summed E-state index contributed by atoms with van der Waals surface area (Å²) in [6.45, 7) is 1.14. The fourth-order valence-corrected chi connectivity index (χ4v) is 1.26. The molecule has 0 atom stereocenters. The van der Waals surface area contributed by atoms with Gasteiger partial charge in [-0.2, -0.15) is 0 Å². The summed E-state index contributed by atoms with van der Waals surface area (Å²) in [5.74, 6) is 0. The van der Waals surface area contributed by atoms with E-state index in [0.29, 0.717) is 0 Å². The molecule has 0 aliphatic rings. The first-order valence-corrected chi connectivity index (χ1v) is 4.81. The van der Waals surface area contributed by atoms with E-state index in [4.69, 9.17) is 16.7 Å². The van der Waals surface area contributed by atoms with Crippen LogP contribution in [-0.2, 0) is 0 Å². The maximum atomic E-state index is 8.56. The molecule has 0 aliphatic heterocycles. The normalized spacial score (nSPS) is 10.0. The topological polar surface area (TPSA) is 32.3 Å². The minimum absolute atomic E-state index is 0.261. The molecule has 0 spiro atoms. The minimum atomic E-state index is 0.261. The van der Waals surface area contributed by atoms with Crippen LogP contribution >= 0.6 is 11.6 Å². The Hall–Kier alpha value is -0.730. The largest absolute Gasteiger partial charge is 0.396 e. The molecule has 0 aromatic heterocycles. The first-order valence-electron chi connectivity index (χ1n) is 4.43. The molecule has 0 unspecified atom stereocenters. The second-order valence-electron chi connectivity index (χ2n) is 2.87. The summed E-state index contributed by atoms with van der Waals surface area (Å²) in [6, 6.07) is 7.63. The first kappa shape index (κ1) is 10.4. The van der Waals surface area contributed by atoms with Gasteiger partial charge in [-0.25, -0.2) is 0 Å². The minimum Gasteiger partial charge on any atom is -0.396 e. The molecule has 2 N–H and O–H groups in total. The van der Waals surface area contributed by atoms with Crippen molar-refractivity contribution in [1.82, 2.24) is 0 Å². The summed E-state index contributed by atoms with van der Waals surface area (Å²) in [5.41, 5.74) is 1.03. The van der Waals surface area contributed by atoms with E-state index < -0.39 is 0 Å². The molecule has 0 fully saturated rings. The average Bonchev–Trinajstić information content (AvgIpc) is 2.13. The quantitative estimate of drug-likeness (QED) is 0.715. The van der Waals surface area contributed by atoms with Gasteiger partial charge in [-0.1, -0.05) is 17.7 Å². The lowest BCUT2D eigenvalue weighted by molar-refractivity contribution is 0.286. The van der Waals surface area contributed by atoms with Crippen LogP contribution in [0.4, 0.5) is 5.69 Å². The molecule has 1 aromatic carbocycles. The van der Waals surface area contributed by atoms with Crippen molar-refractivity contribution >= 4 is 17.3 Å². The third kappa shape index (κ3) is 4.15. The van der Waals surface area contributed by atoms with E-state index in [1.807, 2.05) is 24.3 Å². The highest BCUT2D eigenvalue weighted by Crippen LogP contribution is 2.14. The Morgan fingerprint density at radius 2 is 2.15 bits per heavy atom. The van der Waals surface area contributed by atoms with Gasteiger partial charge in [0.25, 0.3) is 0 Å². The number of benzene rings is 1. The van der Waals surface area contributed by atoms with Gasteiger partial charge >= 0.3 is 0 Å². The van der Waals surface area contributed by atoms with Crippen LogP contribution in [0.3, 0.4) is 0 Å². The Bertz CT molecular complexity index is 252. The van der Waals surface area contributed by atoms with Crippen molar-refractivity contribution < 1.29 is 5.11 Å². The van der Waals surface area contributed by atoms with Gasteiger partial charge in [0, 0.05) is 23.9 Å². The van der Waals surface area contributed by atoms with Crippen LogP contribution in [0, 0.1) is 0 Å². The number of hydrogen-bond acceptors (Lipinski definition) is 2. The molecule has 0 radical (unpaired) electrons. The number of nitrogens with one attached hydrogen (secondary N) is 1. The van der Waals surface area contributed by atoms with Crippen LogP contribution < -0.4 is 5.32 Å². The predicted octanol–water partition coefficient (Wildman–Crippen LogP) is 2.52. The molecule has 1 aromatic rings. The summed E-state index contributed by atoms with van der Waals surface area (Å²) in [5, 5.41) is 12.5. The first-order chi connectivity index (χ1) is 6.33. The maximum absolute atomic E-state index is 8.56. The number of hydrogen-bond donors (Lipinski definition) is 2. The highest BCUT2D eigenvalue weighted by Gasteiger charge is 1.92. The monoisotopic (exact) mass is 199 g/mol. The number of rotatable bonds is 5. The molecular formula is C10H14ClNO. The van der Waals surface area contributed by atoms with Crippen molar-refractivity contribution in [2.24, 2.45) is 0 Å². The van der Waals surface area contributed by atoms with Crippen molar-refractivity contribution in [2.75, 3.05) is 18.5 Å². The van der Waals surface area contributed by atoms with Crippen molar-refractivity contribution in [3.63, 3.8) is 0 Å². The molecule has 0 saturated heterocycles. The zero-order chi connectivity index (χ0) is 9.52. The molecule has 72 valence electrons. The molecule has 13 heavy (non-hydrogen) atoms. The van der Waals surface area contributed by atoms with E-state index in [0.717, 1.165) is 30.1 Å². The third-order valence-corrected chi connectivity index (χ3v) is 1.97. The third-order valence-electron chi connectivity index (χ3n) is 1.74. The van der Waals surface area contributed by atoms with Gasteiger partial charge in [-0.15, -0.1) is 0 Å². The summed E-state index contributed by atoms with van der Waals surface area (Å²) in [7, 11) is 0. The standard InChI is InChI=1S/C10H14ClNO/c11-9-4-3-5-10(8-9)12-6-1-2-7-13/h3-5,8,12-13H,1-2,6-7H2. The lowest BCUT2D eigenvalue weighted by atomic mass is 10.3. The molecule has 0 bridgehead atoms. The van der Waals surface area contributed by atoms with Gasteiger partial charge in [0.1, 0.15) is 0 Å². The van der Waals surface area contributed by atoms with Crippen LogP contribution in [-0.4, -0.2) is 18.3 Å². The van der Waals surface area contributed by atoms with Gasteiger partial charge in [0.05, 0.1) is 0 Å². The fraction of sp³-hybridized carbons (Fsp3) is 0.400. The molecule has 0 saturated carbocycles. The van der Waals surface area contributed by atoms with Crippen LogP contribution in [0.5, 0.6) is 0 Å². The van der Waals surface area contributed by atoms with Gasteiger partial charge in [0.15, 0.2) is 0 Å². The second kappa shape index (κ2) is 5.84. The Kier molecular flexibility index (Phi) is 4.65. The Balaban J connectivity index is 2.28. The van der Waals surface area contributed by atoms with Gasteiger partial charge in [-0.3, -0.25) is 0 Å². The van der Waals surface area contributed by atoms with Gasteiger partial charge < -0.3 is 10.4 Å².